The van der Waals surface area contributed by atoms with E-state index in [9.17, 15) is 13.2 Å². The van der Waals surface area contributed by atoms with E-state index in [0.717, 1.165) is 16.7 Å². The molecule has 0 aliphatic rings. The molecular weight excluding hydrogens is 400 g/mol. The van der Waals surface area contributed by atoms with Crippen molar-refractivity contribution in [3.05, 3.63) is 58.1 Å². The zero-order valence-electron chi connectivity index (χ0n) is 18.9. The third-order valence-corrected chi connectivity index (χ3v) is 7.52. The van der Waals surface area contributed by atoms with Crippen molar-refractivity contribution in [1.82, 2.24) is 9.62 Å². The summed E-state index contributed by atoms with van der Waals surface area (Å²) in [5.41, 5.74) is 4.78. The minimum absolute atomic E-state index is 0.00337. The summed E-state index contributed by atoms with van der Waals surface area (Å²) in [6.45, 7) is 12.3. The van der Waals surface area contributed by atoms with Crippen molar-refractivity contribution in [3.63, 3.8) is 0 Å². The molecule has 0 heterocycles. The molecule has 0 saturated heterocycles. The topological polar surface area (TPSA) is 75.7 Å². The van der Waals surface area contributed by atoms with Gasteiger partial charge in [0.25, 0.3) is 5.91 Å². The van der Waals surface area contributed by atoms with Gasteiger partial charge in [-0.1, -0.05) is 26.0 Å². The van der Waals surface area contributed by atoms with Crippen LogP contribution in [0.3, 0.4) is 0 Å². The zero-order chi connectivity index (χ0) is 22.6. The highest BCUT2D eigenvalue weighted by Crippen LogP contribution is 2.28. The molecule has 0 spiro atoms. The Morgan fingerprint density at radius 3 is 2.20 bits per heavy atom. The molecule has 0 saturated carbocycles. The van der Waals surface area contributed by atoms with Crippen molar-refractivity contribution < 1.29 is 17.9 Å². The van der Waals surface area contributed by atoms with Crippen LogP contribution < -0.4 is 10.1 Å². The van der Waals surface area contributed by atoms with Crippen molar-refractivity contribution in [1.29, 1.82) is 0 Å². The third-order valence-electron chi connectivity index (χ3n) is 5.45. The van der Waals surface area contributed by atoms with Gasteiger partial charge in [-0.05, 0) is 68.1 Å². The standard InChI is InChI=1S/C23H32N2O4S/c1-8-25(9-2)30(27,28)22-14-19(10-11-21(22)29-7)23(26)24-18(6)20-13-16(4)15(3)12-17(20)5/h10-14,18H,8-9H2,1-7H3,(H,24,26)/t18-/m1/s1. The summed E-state index contributed by atoms with van der Waals surface area (Å²) in [7, 11) is -2.35. The number of amides is 1. The summed E-state index contributed by atoms with van der Waals surface area (Å²) < 4.78 is 32.6. The molecule has 6 nitrogen and oxygen atoms in total. The van der Waals surface area contributed by atoms with Gasteiger partial charge < -0.3 is 10.1 Å². The number of benzene rings is 2. The average Bonchev–Trinajstić information content (AvgIpc) is 2.70. The first-order chi connectivity index (χ1) is 14.1. The predicted octanol–water partition coefficient (Wildman–Crippen LogP) is 4.14. The lowest BCUT2D eigenvalue weighted by molar-refractivity contribution is 0.0939. The highest BCUT2D eigenvalue weighted by Gasteiger charge is 2.27. The van der Waals surface area contributed by atoms with Crippen LogP contribution in [-0.4, -0.2) is 38.8 Å². The molecule has 1 N–H and O–H groups in total. The number of sulfonamides is 1. The van der Waals surface area contributed by atoms with Gasteiger partial charge in [0, 0.05) is 18.7 Å². The summed E-state index contributed by atoms with van der Waals surface area (Å²) in [6.07, 6.45) is 0. The highest BCUT2D eigenvalue weighted by atomic mass is 32.2. The first-order valence-electron chi connectivity index (χ1n) is 10.1. The Balaban J connectivity index is 2.38. The number of ether oxygens (including phenoxy) is 1. The molecule has 0 aliphatic carbocycles. The molecule has 1 atom stereocenters. The van der Waals surface area contributed by atoms with Gasteiger partial charge in [0.05, 0.1) is 13.2 Å². The molecule has 0 aliphatic heterocycles. The fourth-order valence-corrected chi connectivity index (χ4v) is 5.17. The van der Waals surface area contributed by atoms with Crippen LogP contribution in [0.15, 0.2) is 35.2 Å². The predicted molar refractivity (Wildman–Crippen MR) is 120 cm³/mol. The van der Waals surface area contributed by atoms with E-state index in [0.29, 0.717) is 13.1 Å². The van der Waals surface area contributed by atoms with E-state index >= 15 is 0 Å². The summed E-state index contributed by atoms with van der Waals surface area (Å²) in [4.78, 5) is 12.9. The number of methoxy groups -OCH3 is 1. The van der Waals surface area contributed by atoms with Crippen LogP contribution in [0.25, 0.3) is 0 Å². The number of hydrogen-bond acceptors (Lipinski definition) is 4. The lowest BCUT2D eigenvalue weighted by atomic mass is 9.96. The van der Waals surface area contributed by atoms with Crippen LogP contribution in [0.5, 0.6) is 5.75 Å². The number of hydrogen-bond donors (Lipinski definition) is 1. The first-order valence-corrected chi connectivity index (χ1v) is 11.6. The first kappa shape index (κ1) is 23.9. The fourth-order valence-electron chi connectivity index (χ4n) is 3.53. The number of nitrogens with one attached hydrogen (secondary N) is 1. The maximum Gasteiger partial charge on any atom is 0.251 e. The van der Waals surface area contributed by atoms with Crippen LogP contribution in [-0.2, 0) is 10.0 Å². The maximum atomic E-state index is 13.0. The zero-order valence-corrected chi connectivity index (χ0v) is 19.7. The molecule has 1 amide bonds. The molecular formula is C23H32N2O4S. The highest BCUT2D eigenvalue weighted by molar-refractivity contribution is 7.89. The number of rotatable bonds is 8. The molecule has 2 rings (SSSR count). The van der Waals surface area contributed by atoms with E-state index in [1.807, 2.05) is 20.8 Å². The molecule has 0 radical (unpaired) electrons. The van der Waals surface area contributed by atoms with Crippen molar-refractivity contribution >= 4 is 15.9 Å². The van der Waals surface area contributed by atoms with E-state index in [-0.39, 0.29) is 28.2 Å². The number of carbonyl (C=O) groups excluding carboxylic acids is 1. The number of nitrogens with zero attached hydrogens (tertiary/aromatic N) is 1. The van der Waals surface area contributed by atoms with Crippen LogP contribution in [0.1, 0.15) is 59.4 Å². The van der Waals surface area contributed by atoms with E-state index in [1.165, 1.54) is 29.1 Å². The van der Waals surface area contributed by atoms with E-state index < -0.39 is 10.0 Å². The van der Waals surface area contributed by atoms with Crippen molar-refractivity contribution in [3.8, 4) is 5.75 Å². The molecule has 0 fully saturated rings. The normalized spacial score (nSPS) is 12.7. The van der Waals surface area contributed by atoms with Crippen LogP contribution in [0.4, 0.5) is 0 Å². The molecule has 2 aromatic rings. The van der Waals surface area contributed by atoms with Gasteiger partial charge in [-0.25, -0.2) is 8.42 Å². The second-order valence-corrected chi connectivity index (χ2v) is 9.35. The van der Waals surface area contributed by atoms with E-state index in [2.05, 4.69) is 24.4 Å². The van der Waals surface area contributed by atoms with Gasteiger partial charge in [0.15, 0.2) is 0 Å². The molecule has 0 aromatic heterocycles. The third kappa shape index (κ3) is 4.84. The maximum absolute atomic E-state index is 13.0. The Kier molecular flexibility index (Phi) is 7.66. The van der Waals surface area contributed by atoms with Gasteiger partial charge >= 0.3 is 0 Å². The van der Waals surface area contributed by atoms with Crippen molar-refractivity contribution in [2.45, 2.75) is 52.5 Å². The molecule has 2 aromatic carbocycles. The molecule has 7 heteroatoms. The summed E-state index contributed by atoms with van der Waals surface area (Å²) in [5.74, 6) is -0.115. The Bertz CT molecular complexity index is 1030. The molecule has 0 unspecified atom stereocenters. The minimum Gasteiger partial charge on any atom is -0.495 e. The van der Waals surface area contributed by atoms with Crippen molar-refractivity contribution in [2.75, 3.05) is 20.2 Å². The molecule has 30 heavy (non-hydrogen) atoms. The summed E-state index contributed by atoms with van der Waals surface area (Å²) in [6, 6.07) is 8.46. The van der Waals surface area contributed by atoms with Gasteiger partial charge in [-0.15, -0.1) is 0 Å². The smallest absolute Gasteiger partial charge is 0.251 e. The van der Waals surface area contributed by atoms with Gasteiger partial charge in [-0.3, -0.25) is 4.79 Å². The largest absolute Gasteiger partial charge is 0.495 e. The average molecular weight is 433 g/mol. The van der Waals surface area contributed by atoms with E-state index in [4.69, 9.17) is 4.74 Å². The van der Waals surface area contributed by atoms with Gasteiger partial charge in [0.2, 0.25) is 10.0 Å². The molecule has 164 valence electrons. The second kappa shape index (κ2) is 9.62. The van der Waals surface area contributed by atoms with Gasteiger partial charge in [-0.2, -0.15) is 4.31 Å². The van der Waals surface area contributed by atoms with E-state index in [1.54, 1.807) is 19.9 Å². The quantitative estimate of drug-likeness (QED) is 0.680. The van der Waals surface area contributed by atoms with Crippen LogP contribution in [0, 0.1) is 20.8 Å². The van der Waals surface area contributed by atoms with Crippen LogP contribution >= 0.6 is 0 Å². The monoisotopic (exact) mass is 432 g/mol. The SMILES string of the molecule is CCN(CC)S(=O)(=O)c1cc(C(=O)N[C@H](C)c2cc(C)c(C)cc2C)ccc1OC. The fraction of sp³-hybridized carbons (Fsp3) is 0.435. The Morgan fingerprint density at radius 1 is 1.03 bits per heavy atom. The Labute approximate surface area is 180 Å². The van der Waals surface area contributed by atoms with Crippen LogP contribution in [0.2, 0.25) is 0 Å². The van der Waals surface area contributed by atoms with Gasteiger partial charge in [0.1, 0.15) is 10.6 Å². The lowest BCUT2D eigenvalue weighted by Gasteiger charge is -2.21. The Morgan fingerprint density at radius 2 is 1.63 bits per heavy atom. The summed E-state index contributed by atoms with van der Waals surface area (Å²) >= 11 is 0. The summed E-state index contributed by atoms with van der Waals surface area (Å²) in [5, 5.41) is 2.99. The lowest BCUT2D eigenvalue weighted by Crippen LogP contribution is -2.31. The Hall–Kier alpha value is -2.38. The van der Waals surface area contributed by atoms with Crippen molar-refractivity contribution in [2.24, 2.45) is 0 Å². The number of carbonyl (C=O) groups is 1. The molecule has 0 bridgehead atoms. The number of aryl methyl sites for hydroxylation is 3. The minimum atomic E-state index is -3.77. The second-order valence-electron chi connectivity index (χ2n) is 7.44.